The van der Waals surface area contributed by atoms with Crippen molar-refractivity contribution in [2.75, 3.05) is 11.4 Å². The second-order valence-electron chi connectivity index (χ2n) is 7.19. The van der Waals surface area contributed by atoms with Crippen LogP contribution in [0.25, 0.3) is 0 Å². The Kier molecular flexibility index (Phi) is 4.59. The highest BCUT2D eigenvalue weighted by Gasteiger charge is 2.60. The zero-order valence-electron chi connectivity index (χ0n) is 14.7. The van der Waals surface area contributed by atoms with Gasteiger partial charge in [0.1, 0.15) is 23.7 Å². The minimum Gasteiger partial charge on any atom is -0.393 e. The summed E-state index contributed by atoms with van der Waals surface area (Å²) in [6, 6.07) is 9.54. The third-order valence-electron chi connectivity index (χ3n) is 5.36. The lowest BCUT2D eigenvalue weighted by molar-refractivity contribution is -0.167. The van der Waals surface area contributed by atoms with Crippen LogP contribution in [0.2, 0.25) is 5.02 Å². The van der Waals surface area contributed by atoms with E-state index in [1.165, 1.54) is 29.2 Å². The number of aliphatic hydroxyl groups excluding tert-OH is 1. The predicted molar refractivity (Wildman–Crippen MR) is 98.7 cm³/mol. The molecule has 4 rings (SSSR count). The Bertz CT molecular complexity index is 945. The van der Waals surface area contributed by atoms with Gasteiger partial charge in [-0.2, -0.15) is 0 Å². The third-order valence-corrected chi connectivity index (χ3v) is 5.59. The van der Waals surface area contributed by atoms with Crippen molar-refractivity contribution in [3.8, 4) is 0 Å². The van der Waals surface area contributed by atoms with Crippen LogP contribution in [-0.2, 0) is 16.1 Å². The number of anilines is 1. The van der Waals surface area contributed by atoms with Gasteiger partial charge in [-0.05, 0) is 35.9 Å². The fourth-order valence-electron chi connectivity index (χ4n) is 3.92. The zero-order chi connectivity index (χ0) is 20.1. The number of rotatable bonds is 3. The van der Waals surface area contributed by atoms with Gasteiger partial charge in [0.25, 0.3) is 5.91 Å². The number of hydrogen-bond acceptors (Lipinski definition) is 3. The Morgan fingerprint density at radius 2 is 1.79 bits per heavy atom. The zero-order valence-corrected chi connectivity index (χ0v) is 15.5. The van der Waals surface area contributed by atoms with Crippen LogP contribution in [0.15, 0.2) is 42.5 Å². The summed E-state index contributed by atoms with van der Waals surface area (Å²) in [6.45, 7) is -0.217. The molecular formula is C20H17ClF2N2O3. The Morgan fingerprint density at radius 3 is 2.39 bits per heavy atom. The first-order chi connectivity index (χ1) is 13.3. The molecule has 0 bridgehead atoms. The average molecular weight is 407 g/mol. The molecule has 1 N–H and O–H groups in total. The normalized spacial score (nSPS) is 24.6. The molecule has 0 unspecified atom stereocenters. The summed E-state index contributed by atoms with van der Waals surface area (Å²) < 4.78 is 27.6. The predicted octanol–water partition coefficient (Wildman–Crippen LogP) is 2.89. The Balaban J connectivity index is 1.68. The van der Waals surface area contributed by atoms with E-state index in [-0.39, 0.29) is 42.5 Å². The summed E-state index contributed by atoms with van der Waals surface area (Å²) in [5.41, 5.74) is -0.603. The standard InChI is InChI=1S/C20H17ClF2N2O3/c21-13-3-6-17(16(23)7-13)24-11-18(27)25(10-12-1-4-14(22)5-2-12)20(19(24)28)8-15(26)9-20/h1-7,15,26H,8-11H2/t15-,20+. The quantitative estimate of drug-likeness (QED) is 0.852. The molecule has 2 aromatic carbocycles. The van der Waals surface area contributed by atoms with Gasteiger partial charge in [-0.1, -0.05) is 23.7 Å². The number of amides is 2. The first-order valence-corrected chi connectivity index (χ1v) is 9.18. The molecule has 28 heavy (non-hydrogen) atoms. The minimum atomic E-state index is -1.24. The number of nitrogens with zero attached hydrogens (tertiary/aromatic N) is 2. The Hall–Kier alpha value is -2.51. The molecule has 0 atom stereocenters. The van der Waals surface area contributed by atoms with E-state index in [2.05, 4.69) is 0 Å². The molecule has 1 saturated carbocycles. The van der Waals surface area contributed by atoms with Gasteiger partial charge in [0, 0.05) is 24.4 Å². The SMILES string of the molecule is O=C1CN(c2ccc(Cl)cc2F)C(=O)[C@]2(C[C@H](O)C2)N1Cc1ccc(F)cc1. The van der Waals surface area contributed by atoms with Crippen molar-refractivity contribution in [3.05, 3.63) is 64.7 Å². The molecule has 1 saturated heterocycles. The fraction of sp³-hybridized carbons (Fsp3) is 0.300. The molecule has 8 heteroatoms. The van der Waals surface area contributed by atoms with Crippen molar-refractivity contribution in [3.63, 3.8) is 0 Å². The number of halogens is 3. The molecule has 5 nitrogen and oxygen atoms in total. The molecule has 1 aliphatic carbocycles. The van der Waals surface area contributed by atoms with Crippen LogP contribution < -0.4 is 4.90 Å². The van der Waals surface area contributed by atoms with Gasteiger partial charge < -0.3 is 10.0 Å². The largest absolute Gasteiger partial charge is 0.393 e. The van der Waals surface area contributed by atoms with Crippen molar-refractivity contribution in [2.45, 2.75) is 31.0 Å². The molecule has 1 aliphatic heterocycles. The molecule has 2 fully saturated rings. The summed E-state index contributed by atoms with van der Waals surface area (Å²) in [5, 5.41) is 10.1. The van der Waals surface area contributed by atoms with Crippen LogP contribution in [0.5, 0.6) is 0 Å². The van der Waals surface area contributed by atoms with Crippen molar-refractivity contribution in [1.82, 2.24) is 4.90 Å². The van der Waals surface area contributed by atoms with Crippen molar-refractivity contribution in [2.24, 2.45) is 0 Å². The summed E-state index contributed by atoms with van der Waals surface area (Å²) in [5.74, 6) is -1.91. The van der Waals surface area contributed by atoms with E-state index in [0.29, 0.717) is 5.56 Å². The van der Waals surface area contributed by atoms with E-state index in [9.17, 15) is 23.5 Å². The number of benzene rings is 2. The summed E-state index contributed by atoms with van der Waals surface area (Å²) in [4.78, 5) is 28.7. The highest BCUT2D eigenvalue weighted by molar-refractivity contribution is 6.30. The van der Waals surface area contributed by atoms with E-state index in [1.807, 2.05) is 0 Å². The molecule has 2 aromatic rings. The van der Waals surface area contributed by atoms with Crippen molar-refractivity contribution < 1.29 is 23.5 Å². The van der Waals surface area contributed by atoms with E-state index in [0.717, 1.165) is 11.0 Å². The number of piperazine rings is 1. The van der Waals surface area contributed by atoms with Gasteiger partial charge in [-0.15, -0.1) is 0 Å². The van der Waals surface area contributed by atoms with E-state index in [4.69, 9.17) is 11.6 Å². The third kappa shape index (κ3) is 3.04. The molecular weight excluding hydrogens is 390 g/mol. The van der Waals surface area contributed by atoms with E-state index >= 15 is 0 Å². The van der Waals surface area contributed by atoms with E-state index < -0.39 is 29.2 Å². The molecule has 146 valence electrons. The van der Waals surface area contributed by atoms with Gasteiger partial charge >= 0.3 is 0 Å². The lowest BCUT2D eigenvalue weighted by atomic mass is 9.70. The summed E-state index contributed by atoms with van der Waals surface area (Å²) >= 11 is 5.78. The highest BCUT2D eigenvalue weighted by Crippen LogP contribution is 2.44. The topological polar surface area (TPSA) is 60.9 Å². The lowest BCUT2D eigenvalue weighted by Crippen LogP contribution is -2.73. The first-order valence-electron chi connectivity index (χ1n) is 8.80. The van der Waals surface area contributed by atoms with Crippen LogP contribution in [-0.4, -0.2) is 40.0 Å². The number of carbonyl (C=O) groups excluding carboxylic acids is 2. The molecule has 0 radical (unpaired) electrons. The summed E-state index contributed by atoms with van der Waals surface area (Å²) in [6.07, 6.45) is -0.572. The van der Waals surface area contributed by atoms with Crippen LogP contribution in [0.4, 0.5) is 14.5 Å². The highest BCUT2D eigenvalue weighted by atomic mass is 35.5. The van der Waals surface area contributed by atoms with Crippen LogP contribution in [0, 0.1) is 11.6 Å². The van der Waals surface area contributed by atoms with Gasteiger partial charge in [0.2, 0.25) is 5.91 Å². The first kappa shape index (κ1) is 18.8. The minimum absolute atomic E-state index is 0.0232. The van der Waals surface area contributed by atoms with Crippen molar-refractivity contribution >= 4 is 29.1 Å². The Labute approximate surface area is 165 Å². The molecule has 2 aliphatic rings. The lowest BCUT2D eigenvalue weighted by Gasteiger charge is -2.55. The van der Waals surface area contributed by atoms with Crippen LogP contribution >= 0.6 is 11.6 Å². The van der Waals surface area contributed by atoms with Crippen LogP contribution in [0.1, 0.15) is 18.4 Å². The van der Waals surface area contributed by atoms with E-state index in [1.54, 1.807) is 12.1 Å². The number of aliphatic hydroxyl groups is 1. The maximum absolute atomic E-state index is 14.4. The average Bonchev–Trinajstić information content (AvgIpc) is 2.62. The second-order valence-corrected chi connectivity index (χ2v) is 7.62. The Morgan fingerprint density at radius 1 is 1.11 bits per heavy atom. The maximum atomic E-state index is 14.4. The smallest absolute Gasteiger partial charge is 0.253 e. The molecule has 2 amide bonds. The number of carbonyl (C=O) groups is 2. The van der Waals surface area contributed by atoms with Gasteiger partial charge in [-0.3, -0.25) is 14.5 Å². The summed E-state index contributed by atoms with van der Waals surface area (Å²) in [7, 11) is 0. The van der Waals surface area contributed by atoms with Gasteiger partial charge in [-0.25, -0.2) is 8.78 Å². The van der Waals surface area contributed by atoms with Gasteiger partial charge in [0.15, 0.2) is 0 Å². The molecule has 1 spiro atoms. The second kappa shape index (κ2) is 6.83. The van der Waals surface area contributed by atoms with Crippen LogP contribution in [0.3, 0.4) is 0 Å². The van der Waals surface area contributed by atoms with Crippen molar-refractivity contribution in [1.29, 1.82) is 0 Å². The molecule has 1 heterocycles. The monoisotopic (exact) mass is 406 g/mol. The molecule has 0 aromatic heterocycles. The maximum Gasteiger partial charge on any atom is 0.253 e. The number of hydrogen-bond donors (Lipinski definition) is 1. The van der Waals surface area contributed by atoms with Gasteiger partial charge in [0.05, 0.1) is 11.8 Å². The fourth-order valence-corrected chi connectivity index (χ4v) is 4.08.